The number of hydrogen-bond donors (Lipinski definition) is 1. The number of ether oxygens (including phenoxy) is 1. The van der Waals surface area contributed by atoms with Crippen LogP contribution in [-0.4, -0.2) is 15.7 Å². The van der Waals surface area contributed by atoms with Crippen LogP contribution in [0.5, 0.6) is 11.5 Å². The molecule has 9 heteroatoms. The Bertz CT molecular complexity index is 1580. The maximum atomic E-state index is 13.5. The Hall–Kier alpha value is -4.56. The molecule has 0 fully saturated rings. The molecular weight excluding hydrogens is 515 g/mol. The first-order valence-electron chi connectivity index (χ1n) is 11.5. The second-order valence-corrected chi connectivity index (χ2v) is 8.63. The van der Waals surface area contributed by atoms with Crippen LogP contribution >= 0.6 is 11.6 Å². The standard InChI is InChI=1S/C29H19ClF3N3O2/c30-22-10-4-6-12-24(22)36-25(18-27(35-36)29(31,32)33)19-14-16-20(17-15-19)28(37)34-23-11-5-7-13-26(23)38-21-8-2-1-3-9-21/h1-18H,(H,34,37). The maximum Gasteiger partial charge on any atom is 0.435 e. The maximum absolute atomic E-state index is 13.5. The summed E-state index contributed by atoms with van der Waals surface area (Å²) in [5.74, 6) is 0.676. The zero-order valence-corrected chi connectivity index (χ0v) is 20.4. The molecule has 1 amide bonds. The van der Waals surface area contributed by atoms with Crippen LogP contribution in [0.3, 0.4) is 0 Å². The first-order valence-corrected chi connectivity index (χ1v) is 11.8. The summed E-state index contributed by atoms with van der Waals surface area (Å²) in [4.78, 5) is 13.0. The van der Waals surface area contributed by atoms with Crippen molar-refractivity contribution in [3.8, 4) is 28.4 Å². The van der Waals surface area contributed by atoms with Gasteiger partial charge in [0.15, 0.2) is 11.4 Å². The highest BCUT2D eigenvalue weighted by atomic mass is 35.5. The fraction of sp³-hybridized carbons (Fsp3) is 0.0345. The number of alkyl halides is 3. The average Bonchev–Trinajstić information content (AvgIpc) is 3.37. The second-order valence-electron chi connectivity index (χ2n) is 8.22. The summed E-state index contributed by atoms with van der Waals surface area (Å²) in [5, 5.41) is 6.84. The van der Waals surface area contributed by atoms with E-state index in [1.165, 1.54) is 12.1 Å². The molecule has 1 aromatic heterocycles. The minimum atomic E-state index is -4.64. The Kier molecular flexibility index (Phi) is 6.89. The van der Waals surface area contributed by atoms with Crippen LogP contribution in [0.1, 0.15) is 16.1 Å². The van der Waals surface area contributed by atoms with Gasteiger partial charge in [-0.25, -0.2) is 4.68 Å². The number of nitrogens with one attached hydrogen (secondary N) is 1. The number of nitrogens with zero attached hydrogens (tertiary/aromatic N) is 2. The summed E-state index contributed by atoms with van der Waals surface area (Å²) in [5.41, 5.74) is 0.636. The first kappa shape index (κ1) is 25.1. The van der Waals surface area contributed by atoms with E-state index >= 15 is 0 Å². The smallest absolute Gasteiger partial charge is 0.435 e. The minimum Gasteiger partial charge on any atom is -0.455 e. The Balaban J connectivity index is 1.42. The van der Waals surface area contributed by atoms with Crippen molar-refractivity contribution in [2.24, 2.45) is 0 Å². The van der Waals surface area contributed by atoms with Gasteiger partial charge < -0.3 is 10.1 Å². The van der Waals surface area contributed by atoms with Gasteiger partial charge in [-0.15, -0.1) is 0 Å². The van der Waals surface area contributed by atoms with Crippen molar-refractivity contribution in [2.75, 3.05) is 5.32 Å². The van der Waals surface area contributed by atoms with Crippen LogP contribution in [0.2, 0.25) is 5.02 Å². The van der Waals surface area contributed by atoms with Gasteiger partial charge in [0.05, 0.1) is 22.1 Å². The van der Waals surface area contributed by atoms with Gasteiger partial charge in [-0.1, -0.05) is 66.2 Å². The SMILES string of the molecule is O=C(Nc1ccccc1Oc1ccccc1)c1ccc(-c2cc(C(F)(F)F)nn2-c2ccccc2Cl)cc1. The van der Waals surface area contributed by atoms with Gasteiger partial charge in [0.1, 0.15) is 5.75 Å². The lowest BCUT2D eigenvalue weighted by Gasteiger charge is -2.13. The van der Waals surface area contributed by atoms with Gasteiger partial charge in [0.25, 0.3) is 5.91 Å². The molecule has 0 aliphatic rings. The van der Waals surface area contributed by atoms with Crippen molar-refractivity contribution in [3.63, 3.8) is 0 Å². The highest BCUT2D eigenvalue weighted by Crippen LogP contribution is 2.35. The summed E-state index contributed by atoms with van der Waals surface area (Å²) in [6.45, 7) is 0. The molecule has 190 valence electrons. The number of para-hydroxylation sites is 4. The third-order valence-electron chi connectivity index (χ3n) is 5.63. The van der Waals surface area contributed by atoms with E-state index in [1.54, 1.807) is 72.8 Å². The minimum absolute atomic E-state index is 0.180. The lowest BCUT2D eigenvalue weighted by Crippen LogP contribution is -2.12. The third-order valence-corrected chi connectivity index (χ3v) is 5.95. The molecular formula is C29H19ClF3N3O2. The van der Waals surface area contributed by atoms with Crippen LogP contribution < -0.4 is 10.1 Å². The Labute approximate surface area is 221 Å². The number of benzene rings is 4. The lowest BCUT2D eigenvalue weighted by atomic mass is 10.1. The van der Waals surface area contributed by atoms with E-state index in [-0.39, 0.29) is 10.7 Å². The summed E-state index contributed by atoms with van der Waals surface area (Å²) in [6.07, 6.45) is -4.64. The second kappa shape index (κ2) is 10.4. The van der Waals surface area contributed by atoms with Crippen molar-refractivity contribution in [2.45, 2.75) is 6.18 Å². The number of amides is 1. The summed E-state index contributed by atoms with van der Waals surface area (Å²) >= 11 is 6.24. The molecule has 0 unspecified atom stereocenters. The molecule has 0 bridgehead atoms. The van der Waals surface area contributed by atoms with Crippen molar-refractivity contribution >= 4 is 23.2 Å². The molecule has 38 heavy (non-hydrogen) atoms. The molecule has 0 radical (unpaired) electrons. The van der Waals surface area contributed by atoms with Crippen molar-refractivity contribution in [1.82, 2.24) is 9.78 Å². The van der Waals surface area contributed by atoms with Crippen LogP contribution in [0.4, 0.5) is 18.9 Å². The summed E-state index contributed by atoms with van der Waals surface area (Å²) < 4.78 is 47.5. The normalized spacial score (nSPS) is 11.3. The van der Waals surface area contributed by atoms with E-state index in [2.05, 4.69) is 10.4 Å². The molecule has 0 atom stereocenters. The van der Waals surface area contributed by atoms with E-state index in [4.69, 9.17) is 16.3 Å². The van der Waals surface area contributed by atoms with Crippen molar-refractivity contribution in [3.05, 3.63) is 125 Å². The van der Waals surface area contributed by atoms with Crippen LogP contribution in [-0.2, 0) is 6.18 Å². The molecule has 5 aromatic rings. The number of aromatic nitrogens is 2. The average molecular weight is 534 g/mol. The van der Waals surface area contributed by atoms with Crippen LogP contribution in [0.15, 0.2) is 109 Å². The number of carbonyl (C=O) groups is 1. The molecule has 0 aliphatic heterocycles. The predicted octanol–water partition coefficient (Wildman–Crippen LogP) is 8.26. The van der Waals surface area contributed by atoms with Gasteiger partial charge in [-0.3, -0.25) is 4.79 Å². The van der Waals surface area contributed by atoms with Gasteiger partial charge in [-0.2, -0.15) is 18.3 Å². The molecule has 5 nitrogen and oxygen atoms in total. The third kappa shape index (κ3) is 5.40. The quantitative estimate of drug-likeness (QED) is 0.239. The van der Waals surface area contributed by atoms with Crippen LogP contribution in [0, 0.1) is 0 Å². The van der Waals surface area contributed by atoms with E-state index in [9.17, 15) is 18.0 Å². The zero-order chi connectivity index (χ0) is 26.7. The number of hydrogen-bond acceptors (Lipinski definition) is 3. The molecule has 5 rings (SSSR count). The molecule has 1 N–H and O–H groups in total. The van der Waals surface area contributed by atoms with Crippen LogP contribution in [0.25, 0.3) is 16.9 Å². The van der Waals surface area contributed by atoms with Gasteiger partial charge in [-0.05, 0) is 54.6 Å². The summed E-state index contributed by atoms with van der Waals surface area (Å²) in [6, 6.07) is 29.8. The topological polar surface area (TPSA) is 56.1 Å². The number of rotatable bonds is 6. The van der Waals surface area contributed by atoms with E-state index in [0.29, 0.717) is 34.0 Å². The van der Waals surface area contributed by atoms with E-state index in [0.717, 1.165) is 10.7 Å². The molecule has 0 saturated carbocycles. The lowest BCUT2D eigenvalue weighted by molar-refractivity contribution is -0.141. The Morgan fingerprint density at radius 3 is 2.21 bits per heavy atom. The van der Waals surface area contributed by atoms with E-state index < -0.39 is 17.8 Å². The largest absolute Gasteiger partial charge is 0.455 e. The van der Waals surface area contributed by atoms with E-state index in [1.807, 2.05) is 18.2 Å². The van der Waals surface area contributed by atoms with Gasteiger partial charge >= 0.3 is 6.18 Å². The van der Waals surface area contributed by atoms with Crippen molar-refractivity contribution in [1.29, 1.82) is 0 Å². The van der Waals surface area contributed by atoms with Gasteiger partial charge in [0, 0.05) is 11.1 Å². The summed E-state index contributed by atoms with van der Waals surface area (Å²) in [7, 11) is 0. The zero-order valence-electron chi connectivity index (χ0n) is 19.6. The van der Waals surface area contributed by atoms with Gasteiger partial charge in [0.2, 0.25) is 0 Å². The highest BCUT2D eigenvalue weighted by Gasteiger charge is 2.35. The molecule has 0 saturated heterocycles. The fourth-order valence-electron chi connectivity index (χ4n) is 3.79. The first-order chi connectivity index (χ1) is 18.3. The highest BCUT2D eigenvalue weighted by molar-refractivity contribution is 6.32. The predicted molar refractivity (Wildman–Crippen MR) is 140 cm³/mol. The fourth-order valence-corrected chi connectivity index (χ4v) is 4.01. The Morgan fingerprint density at radius 1 is 0.842 bits per heavy atom. The number of anilines is 1. The number of halogens is 4. The number of carbonyl (C=O) groups excluding carboxylic acids is 1. The molecule has 0 aliphatic carbocycles. The molecule has 4 aromatic carbocycles. The monoisotopic (exact) mass is 533 g/mol. The molecule has 0 spiro atoms. The Morgan fingerprint density at radius 2 is 1.50 bits per heavy atom. The van der Waals surface area contributed by atoms with Crippen molar-refractivity contribution < 1.29 is 22.7 Å². The molecule has 1 heterocycles.